The van der Waals surface area contributed by atoms with Crippen LogP contribution in [0.2, 0.25) is 10.0 Å². The Labute approximate surface area is 317 Å². The van der Waals surface area contributed by atoms with Gasteiger partial charge in [0.1, 0.15) is 23.2 Å². The third-order valence-electron chi connectivity index (χ3n) is 11.7. The van der Waals surface area contributed by atoms with E-state index in [9.17, 15) is 10.1 Å². The van der Waals surface area contributed by atoms with E-state index in [0.717, 1.165) is 48.2 Å². The van der Waals surface area contributed by atoms with E-state index in [1.165, 1.54) is 0 Å². The molecule has 10 rings (SSSR count). The van der Waals surface area contributed by atoms with Gasteiger partial charge in [-0.05, 0) is 74.4 Å². The number of rotatable bonds is 9. The summed E-state index contributed by atoms with van der Waals surface area (Å²) in [5.41, 5.74) is 4.37. The van der Waals surface area contributed by atoms with E-state index in [0.29, 0.717) is 63.8 Å². The minimum absolute atomic E-state index is 0.0365. The molecule has 0 spiro atoms. The molecule has 12 heteroatoms. The monoisotopic (exact) mass is 751 g/mol. The van der Waals surface area contributed by atoms with Crippen LogP contribution in [-0.2, 0) is 11.2 Å². The van der Waals surface area contributed by atoms with Crippen LogP contribution in [0.3, 0.4) is 0 Å². The zero-order valence-corrected chi connectivity index (χ0v) is 31.4. The Bertz CT molecular complexity index is 2320. The number of likely N-dealkylation sites (tertiary alicyclic amines) is 1. The largest absolute Gasteiger partial charge is 0.487 e. The first-order chi connectivity index (χ1) is 25.6. The number of carbonyl (C=O) groups is 1. The van der Waals surface area contributed by atoms with Gasteiger partial charge in [0, 0.05) is 78.7 Å². The molecule has 272 valence electrons. The summed E-state index contributed by atoms with van der Waals surface area (Å²) in [6.45, 7) is 3.31. The number of benzene rings is 2. The van der Waals surface area contributed by atoms with Crippen molar-refractivity contribution < 1.29 is 13.9 Å². The van der Waals surface area contributed by atoms with E-state index in [1.54, 1.807) is 24.4 Å². The van der Waals surface area contributed by atoms with E-state index >= 15 is 4.39 Å². The van der Waals surface area contributed by atoms with Crippen LogP contribution in [-0.4, -0.2) is 64.7 Å². The van der Waals surface area contributed by atoms with Crippen molar-refractivity contribution >= 4 is 56.7 Å². The molecule has 5 aromatic rings. The third-order valence-corrected chi connectivity index (χ3v) is 12.5. The SMILES string of the molecule is Cc1nc2c(F)c(-c3cccc(Cl)c3Cl)c(CCC#N)cc2c2c1cc([C@H]1C[C@H](Oc3ccc(N(C)C)nc3)CN1C(=O)C1CC1)n2[C@H]1[C@H]2CN[C@@H]1C2. The summed E-state index contributed by atoms with van der Waals surface area (Å²) in [4.78, 5) is 27.5. The van der Waals surface area contributed by atoms with Gasteiger partial charge in [-0.1, -0.05) is 35.3 Å². The van der Waals surface area contributed by atoms with Gasteiger partial charge in [0.25, 0.3) is 0 Å². The van der Waals surface area contributed by atoms with E-state index in [4.69, 9.17) is 32.9 Å². The lowest BCUT2D eigenvalue weighted by molar-refractivity contribution is -0.133. The summed E-state index contributed by atoms with van der Waals surface area (Å²) in [5.74, 6) is 1.64. The first-order valence-electron chi connectivity index (χ1n) is 18.4. The highest BCUT2D eigenvalue weighted by Gasteiger charge is 2.51. The second-order valence-corrected chi connectivity index (χ2v) is 16.1. The summed E-state index contributed by atoms with van der Waals surface area (Å²) in [6, 6.07) is 15.7. The molecule has 3 aliphatic heterocycles. The molecule has 1 N–H and O–H groups in total. The molecule has 2 saturated carbocycles. The molecular formula is C41H40Cl2FN7O2. The van der Waals surface area contributed by atoms with Crippen molar-refractivity contribution in [3.63, 3.8) is 0 Å². The van der Waals surface area contributed by atoms with E-state index in [1.807, 2.05) is 49.0 Å². The zero-order chi connectivity index (χ0) is 36.7. The number of anilines is 1. The lowest BCUT2D eigenvalue weighted by atomic mass is 9.79. The lowest BCUT2D eigenvalue weighted by Crippen LogP contribution is -2.41. The number of nitriles is 1. The van der Waals surface area contributed by atoms with Crippen molar-refractivity contribution in [2.24, 2.45) is 11.8 Å². The molecule has 3 saturated heterocycles. The number of halogens is 3. The fraction of sp³-hybridized carbons (Fsp3) is 0.415. The Balaban J connectivity index is 1.23. The fourth-order valence-electron chi connectivity index (χ4n) is 8.97. The second-order valence-electron chi connectivity index (χ2n) is 15.3. The van der Waals surface area contributed by atoms with Gasteiger partial charge in [0.15, 0.2) is 5.82 Å². The predicted octanol–water partition coefficient (Wildman–Crippen LogP) is 8.19. The summed E-state index contributed by atoms with van der Waals surface area (Å²) in [7, 11) is 3.90. The number of pyridine rings is 2. The van der Waals surface area contributed by atoms with Crippen molar-refractivity contribution in [2.75, 3.05) is 32.1 Å². The number of aryl methyl sites for hydroxylation is 2. The predicted molar refractivity (Wildman–Crippen MR) is 205 cm³/mol. The van der Waals surface area contributed by atoms with Crippen molar-refractivity contribution in [1.29, 1.82) is 5.26 Å². The number of carbonyl (C=O) groups excluding carboxylic acids is 1. The molecule has 2 aromatic carbocycles. The van der Waals surface area contributed by atoms with Gasteiger partial charge < -0.3 is 24.4 Å². The quantitative estimate of drug-likeness (QED) is 0.162. The first kappa shape index (κ1) is 34.3. The average Bonchev–Trinajstić information content (AvgIpc) is 3.43. The lowest BCUT2D eigenvalue weighted by Gasteiger charge is -2.39. The summed E-state index contributed by atoms with van der Waals surface area (Å²) in [6.07, 6.45) is 5.54. The minimum Gasteiger partial charge on any atom is -0.487 e. The van der Waals surface area contributed by atoms with Crippen LogP contribution in [0, 0.1) is 35.9 Å². The second kappa shape index (κ2) is 13.2. The zero-order valence-electron chi connectivity index (χ0n) is 29.9. The van der Waals surface area contributed by atoms with E-state index in [2.05, 4.69) is 27.0 Å². The summed E-state index contributed by atoms with van der Waals surface area (Å²) < 4.78 is 26.2. The molecule has 5 fully saturated rings. The number of hydrogen-bond donors (Lipinski definition) is 1. The molecule has 0 unspecified atom stereocenters. The Kier molecular flexibility index (Phi) is 8.52. The van der Waals surface area contributed by atoms with Gasteiger partial charge in [-0.25, -0.2) is 14.4 Å². The Hall–Kier alpha value is -4.43. The summed E-state index contributed by atoms with van der Waals surface area (Å²) in [5, 5.41) is 15.5. The maximum Gasteiger partial charge on any atom is 0.226 e. The first-order valence-corrected chi connectivity index (χ1v) is 19.2. The smallest absolute Gasteiger partial charge is 0.226 e. The molecule has 9 nitrogen and oxygen atoms in total. The average molecular weight is 753 g/mol. The van der Waals surface area contributed by atoms with E-state index in [-0.39, 0.29) is 53.0 Å². The maximum absolute atomic E-state index is 17.2. The Morgan fingerprint density at radius 3 is 2.66 bits per heavy atom. The number of fused-ring (bicyclic) bond motifs is 4. The van der Waals surface area contributed by atoms with Gasteiger partial charge in [-0.15, -0.1) is 0 Å². The van der Waals surface area contributed by atoms with Crippen molar-refractivity contribution in [1.82, 2.24) is 24.8 Å². The van der Waals surface area contributed by atoms with Gasteiger partial charge in [-0.3, -0.25) is 4.79 Å². The highest BCUT2D eigenvalue weighted by molar-refractivity contribution is 6.43. The normalized spacial score (nSPS) is 23.4. The van der Waals surface area contributed by atoms with Gasteiger partial charge in [-0.2, -0.15) is 5.26 Å². The number of hydrogen-bond acceptors (Lipinski definition) is 7. The third kappa shape index (κ3) is 5.71. The molecule has 53 heavy (non-hydrogen) atoms. The van der Waals surface area contributed by atoms with E-state index < -0.39 is 5.82 Å². The van der Waals surface area contributed by atoms with Crippen LogP contribution in [0.1, 0.15) is 61.1 Å². The number of nitrogens with one attached hydrogen (secondary N) is 1. The van der Waals surface area contributed by atoms with Crippen LogP contribution in [0.4, 0.5) is 10.2 Å². The molecule has 5 aliphatic rings. The number of ether oxygens (including phenoxy) is 1. The van der Waals surface area contributed by atoms with Gasteiger partial charge >= 0.3 is 0 Å². The molecule has 2 bridgehead atoms. The Morgan fingerprint density at radius 2 is 1.98 bits per heavy atom. The number of nitrogens with zero attached hydrogens (tertiary/aromatic N) is 6. The summed E-state index contributed by atoms with van der Waals surface area (Å²) >= 11 is 13.1. The van der Waals surface area contributed by atoms with Crippen molar-refractivity contribution in [3.8, 4) is 22.9 Å². The maximum atomic E-state index is 17.2. The number of aromatic nitrogens is 3. The van der Waals surface area contributed by atoms with Crippen LogP contribution >= 0.6 is 23.2 Å². The van der Waals surface area contributed by atoms with Crippen LogP contribution in [0.25, 0.3) is 32.9 Å². The fourth-order valence-corrected chi connectivity index (χ4v) is 9.36. The molecule has 5 atom stereocenters. The molecule has 2 aliphatic carbocycles. The van der Waals surface area contributed by atoms with Crippen LogP contribution in [0.5, 0.6) is 5.75 Å². The van der Waals surface area contributed by atoms with Crippen molar-refractivity contribution in [2.45, 2.75) is 69.7 Å². The number of amides is 1. The van der Waals surface area contributed by atoms with Gasteiger partial charge in [0.05, 0.1) is 46.5 Å². The molecule has 3 aromatic heterocycles. The minimum atomic E-state index is -0.484. The molecule has 0 radical (unpaired) electrons. The van der Waals surface area contributed by atoms with Crippen LogP contribution < -0.4 is 15.0 Å². The molecule has 1 amide bonds. The standard InChI is InChI=1S/C41H40Cl2FN7O2/c1-21-28-17-33(32-16-26(20-50(32)41(52)22-9-10-22)53-25-11-12-34(47-19-25)49(2)3)51(39-24-15-31(39)46-18-24)40(28)29-14-23(6-5-13-45)35(37(44)38(29)48-21)27-7-4-8-30(42)36(27)43/h4,7-8,11-12,14,17,19,22,24,26,31-32,39,46H,5-6,9-10,15-16,18,20H2,1-3H3/t24-,26+,31-,32-,39+/m1/s1. The highest BCUT2D eigenvalue weighted by atomic mass is 35.5. The van der Waals surface area contributed by atoms with Gasteiger partial charge in [0.2, 0.25) is 5.91 Å². The van der Waals surface area contributed by atoms with Crippen molar-refractivity contribution in [3.05, 3.63) is 81.5 Å². The highest BCUT2D eigenvalue weighted by Crippen LogP contribution is 2.51. The van der Waals surface area contributed by atoms with Crippen LogP contribution in [0.15, 0.2) is 48.7 Å². The molecular weight excluding hydrogens is 712 g/mol. The molecule has 6 heterocycles. The topological polar surface area (TPSA) is 99.3 Å². The Morgan fingerprint density at radius 1 is 1.15 bits per heavy atom.